The van der Waals surface area contributed by atoms with E-state index in [1.807, 2.05) is 51.1 Å². The van der Waals surface area contributed by atoms with Gasteiger partial charge in [0.1, 0.15) is 5.75 Å². The number of hydrogen-bond acceptors (Lipinski definition) is 6. The van der Waals surface area contributed by atoms with Crippen LogP contribution in [-0.4, -0.2) is 60.5 Å². The molecule has 0 fully saturated rings. The zero-order valence-electron chi connectivity index (χ0n) is 24.3. The first-order valence-corrected chi connectivity index (χ1v) is 15.8. The van der Waals surface area contributed by atoms with Crippen molar-refractivity contribution in [3.8, 4) is 16.9 Å². The van der Waals surface area contributed by atoms with Crippen LogP contribution in [0, 0.1) is 0 Å². The highest BCUT2D eigenvalue weighted by atomic mass is 32.2. The molecule has 0 unspecified atom stereocenters. The predicted molar refractivity (Wildman–Crippen MR) is 163 cm³/mol. The number of unbranched alkanes of at least 4 members (excludes halogenated alkanes) is 2. The maximum Gasteiger partial charge on any atom is 0.407 e. The summed E-state index contributed by atoms with van der Waals surface area (Å²) in [5.74, 6) is -0.568. The highest BCUT2D eigenvalue weighted by molar-refractivity contribution is 7.90. The lowest BCUT2D eigenvalue weighted by Gasteiger charge is -2.22. The summed E-state index contributed by atoms with van der Waals surface area (Å²) in [5.41, 5.74) is 3.33. The molecule has 0 aliphatic heterocycles. The number of ether oxygens (including phenoxy) is 1. The SMILES string of the molecule is CCCCCS(=O)(=O)NC(=O)c1ccc(-c2ccc(CCN(C[C@@H](O)c3ccccc3)C(=O)O)cc2)cc1OC(C)C. The summed E-state index contributed by atoms with van der Waals surface area (Å²) in [4.78, 5) is 25.9. The number of rotatable bonds is 15. The third kappa shape index (κ3) is 9.88. The zero-order chi connectivity index (χ0) is 30.7. The number of carbonyl (C=O) groups excluding carboxylic acids is 1. The molecule has 0 saturated carbocycles. The van der Waals surface area contributed by atoms with Gasteiger partial charge in [0.15, 0.2) is 0 Å². The molecule has 0 aliphatic carbocycles. The van der Waals surface area contributed by atoms with E-state index in [2.05, 4.69) is 4.72 Å². The molecule has 10 heteroatoms. The zero-order valence-corrected chi connectivity index (χ0v) is 25.1. The minimum atomic E-state index is -3.76. The summed E-state index contributed by atoms with van der Waals surface area (Å²) in [7, 11) is -3.76. The molecule has 0 spiro atoms. The number of carboxylic acid groups (broad SMARTS) is 1. The Labute approximate surface area is 248 Å². The smallest absolute Gasteiger partial charge is 0.407 e. The Morgan fingerprint density at radius 3 is 2.24 bits per heavy atom. The Morgan fingerprint density at radius 1 is 0.952 bits per heavy atom. The summed E-state index contributed by atoms with van der Waals surface area (Å²) in [6.45, 7) is 5.81. The van der Waals surface area contributed by atoms with E-state index in [1.54, 1.807) is 42.5 Å². The van der Waals surface area contributed by atoms with Gasteiger partial charge in [-0.1, -0.05) is 80.4 Å². The number of aliphatic hydroxyl groups excluding tert-OH is 1. The number of amides is 2. The number of benzene rings is 3. The quantitative estimate of drug-likeness (QED) is 0.193. The van der Waals surface area contributed by atoms with Gasteiger partial charge in [0.2, 0.25) is 10.0 Å². The molecule has 9 nitrogen and oxygen atoms in total. The topological polar surface area (TPSA) is 133 Å². The molecule has 0 heterocycles. The van der Waals surface area contributed by atoms with Crippen molar-refractivity contribution in [1.29, 1.82) is 0 Å². The number of carbonyl (C=O) groups is 2. The first kappa shape index (κ1) is 32.6. The van der Waals surface area contributed by atoms with Crippen LogP contribution in [0.5, 0.6) is 5.75 Å². The number of nitrogens with zero attached hydrogens (tertiary/aromatic N) is 1. The number of nitrogens with one attached hydrogen (secondary N) is 1. The molecule has 3 N–H and O–H groups in total. The minimum absolute atomic E-state index is 0.0317. The van der Waals surface area contributed by atoms with E-state index in [4.69, 9.17) is 4.74 Å². The molecule has 226 valence electrons. The second kappa shape index (κ2) is 15.4. The standard InChI is InChI=1S/C32H40N2O7S/c1-4-5-9-20-42(39,40)33-31(36)28-17-16-27(21-30(28)41-23(2)3)25-14-12-24(13-15-25)18-19-34(32(37)38)22-29(35)26-10-7-6-8-11-26/h6-8,10-17,21,23,29,35H,4-5,9,18-20,22H2,1-3H3,(H,33,36)(H,37,38)/t29-/m1/s1. The van der Waals surface area contributed by atoms with Gasteiger partial charge < -0.3 is 19.8 Å². The van der Waals surface area contributed by atoms with E-state index >= 15 is 0 Å². The van der Waals surface area contributed by atoms with E-state index in [0.717, 1.165) is 29.5 Å². The highest BCUT2D eigenvalue weighted by Gasteiger charge is 2.21. The number of hydrogen-bond donors (Lipinski definition) is 3. The molecule has 2 amide bonds. The summed E-state index contributed by atoms with van der Waals surface area (Å²) in [6.07, 6.45) is 0.315. The van der Waals surface area contributed by atoms with Crippen molar-refractivity contribution in [3.63, 3.8) is 0 Å². The largest absolute Gasteiger partial charge is 0.490 e. The van der Waals surface area contributed by atoms with Crippen molar-refractivity contribution in [3.05, 3.63) is 89.5 Å². The van der Waals surface area contributed by atoms with Crippen molar-refractivity contribution >= 4 is 22.0 Å². The van der Waals surface area contributed by atoms with Gasteiger partial charge in [-0.15, -0.1) is 0 Å². The second-order valence-corrected chi connectivity index (χ2v) is 12.3. The Bertz CT molecular complexity index is 1420. The first-order valence-electron chi connectivity index (χ1n) is 14.1. The lowest BCUT2D eigenvalue weighted by Crippen LogP contribution is -2.35. The van der Waals surface area contributed by atoms with E-state index in [0.29, 0.717) is 18.4 Å². The van der Waals surface area contributed by atoms with Gasteiger partial charge in [0.05, 0.1) is 30.1 Å². The molecule has 3 rings (SSSR count). The van der Waals surface area contributed by atoms with Gasteiger partial charge in [-0.25, -0.2) is 17.9 Å². The Kier molecular flexibility index (Phi) is 11.9. The fourth-order valence-electron chi connectivity index (χ4n) is 4.41. The molecule has 3 aromatic rings. The third-order valence-corrected chi connectivity index (χ3v) is 7.98. The van der Waals surface area contributed by atoms with Gasteiger partial charge >= 0.3 is 6.09 Å². The van der Waals surface area contributed by atoms with Gasteiger partial charge in [0, 0.05) is 6.54 Å². The summed E-state index contributed by atoms with van der Waals surface area (Å²) >= 11 is 0. The van der Waals surface area contributed by atoms with E-state index < -0.39 is 28.1 Å². The predicted octanol–water partition coefficient (Wildman–Crippen LogP) is 5.65. The first-order chi connectivity index (χ1) is 20.0. The van der Waals surface area contributed by atoms with Crippen molar-refractivity contribution in [1.82, 2.24) is 9.62 Å². The summed E-state index contributed by atoms with van der Waals surface area (Å²) in [5, 5.41) is 20.1. The Hall–Kier alpha value is -3.89. The van der Waals surface area contributed by atoms with E-state index in [-0.39, 0.29) is 36.3 Å². The van der Waals surface area contributed by atoms with Crippen LogP contribution in [0.1, 0.15) is 67.6 Å². The molecule has 0 saturated heterocycles. The van der Waals surface area contributed by atoms with Crippen molar-refractivity contribution in [2.75, 3.05) is 18.8 Å². The Morgan fingerprint density at radius 2 is 1.62 bits per heavy atom. The Balaban J connectivity index is 1.70. The molecule has 1 atom stereocenters. The third-order valence-electron chi connectivity index (χ3n) is 6.66. The average molecular weight is 597 g/mol. The van der Waals surface area contributed by atoms with Crippen LogP contribution in [0.3, 0.4) is 0 Å². The van der Waals surface area contributed by atoms with Crippen LogP contribution < -0.4 is 9.46 Å². The summed E-state index contributed by atoms with van der Waals surface area (Å²) in [6, 6.07) is 21.5. The second-order valence-electron chi connectivity index (χ2n) is 10.4. The van der Waals surface area contributed by atoms with Crippen molar-refractivity contribution < 1.29 is 33.0 Å². The lowest BCUT2D eigenvalue weighted by atomic mass is 10.0. The van der Waals surface area contributed by atoms with Crippen molar-refractivity contribution in [2.45, 2.75) is 58.7 Å². The monoisotopic (exact) mass is 596 g/mol. The van der Waals surface area contributed by atoms with Crippen molar-refractivity contribution in [2.24, 2.45) is 0 Å². The van der Waals surface area contributed by atoms with Crippen LogP contribution in [0.25, 0.3) is 11.1 Å². The maximum absolute atomic E-state index is 12.9. The van der Waals surface area contributed by atoms with Gasteiger partial charge in [0.25, 0.3) is 5.91 Å². The van der Waals surface area contributed by atoms with Gasteiger partial charge in [-0.3, -0.25) is 4.79 Å². The van der Waals surface area contributed by atoms with Crippen LogP contribution in [0.2, 0.25) is 0 Å². The van der Waals surface area contributed by atoms with Crippen LogP contribution in [-0.2, 0) is 16.4 Å². The fourth-order valence-corrected chi connectivity index (χ4v) is 5.49. The molecule has 0 aromatic heterocycles. The number of aliphatic hydroxyl groups is 1. The lowest BCUT2D eigenvalue weighted by molar-refractivity contribution is 0.0970. The van der Waals surface area contributed by atoms with Gasteiger partial charge in [-0.05, 0) is 61.1 Å². The van der Waals surface area contributed by atoms with Crippen LogP contribution >= 0.6 is 0 Å². The molecular weight excluding hydrogens is 556 g/mol. The molecule has 0 bridgehead atoms. The number of sulfonamides is 1. The normalized spacial score (nSPS) is 12.1. The fraction of sp³-hybridized carbons (Fsp3) is 0.375. The van der Waals surface area contributed by atoms with Crippen LogP contribution in [0.15, 0.2) is 72.8 Å². The van der Waals surface area contributed by atoms with Crippen LogP contribution in [0.4, 0.5) is 4.79 Å². The van der Waals surface area contributed by atoms with E-state index in [9.17, 15) is 28.2 Å². The average Bonchev–Trinajstić information content (AvgIpc) is 2.95. The molecule has 3 aromatic carbocycles. The van der Waals surface area contributed by atoms with E-state index in [1.165, 1.54) is 4.90 Å². The van der Waals surface area contributed by atoms with Gasteiger partial charge in [-0.2, -0.15) is 0 Å². The molecule has 42 heavy (non-hydrogen) atoms. The minimum Gasteiger partial charge on any atom is -0.490 e. The molecular formula is C32H40N2O7S. The highest BCUT2D eigenvalue weighted by Crippen LogP contribution is 2.29. The summed E-state index contributed by atoms with van der Waals surface area (Å²) < 4.78 is 32.8. The maximum atomic E-state index is 12.9. The molecule has 0 radical (unpaired) electrons. The molecule has 0 aliphatic rings.